The van der Waals surface area contributed by atoms with Crippen molar-refractivity contribution in [3.63, 3.8) is 0 Å². The van der Waals surface area contributed by atoms with Crippen molar-refractivity contribution in [3.05, 3.63) is 136 Å². The van der Waals surface area contributed by atoms with E-state index in [1.807, 2.05) is 68.4 Å². The van der Waals surface area contributed by atoms with Crippen LogP contribution in [-0.4, -0.2) is 17.6 Å². The maximum Gasteiger partial charge on any atom is 0.271 e. The monoisotopic (exact) mass is 643 g/mol. The molecule has 1 amide bonds. The van der Waals surface area contributed by atoms with Crippen LogP contribution in [-0.2, 0) is 4.79 Å². The van der Waals surface area contributed by atoms with Crippen molar-refractivity contribution in [3.8, 4) is 17.1 Å². The fraction of sp³-hybridized carbons (Fsp3) is 0.147. The van der Waals surface area contributed by atoms with Gasteiger partial charge in [-0.15, -0.1) is 0 Å². The number of nitrogens with zero attached hydrogens (tertiary/aromatic N) is 2. The van der Waals surface area contributed by atoms with E-state index < -0.39 is 6.04 Å². The molecule has 44 heavy (non-hydrogen) atoms. The number of ether oxygens (including phenoxy) is 1. The molecule has 0 fully saturated rings. The number of amides is 1. The number of halogens is 2. The standard InChI is InChI=1S/C34H27Cl2N3O4S/c1-18-5-13-27(19(2)15-18)38-32(40)30-20(3)37-34-39(31(30)21-6-9-23(42-4)10-7-21)33(41)29(44-34)17-24-11-14-28(43-24)22-8-12-25(35)26(36)16-22/h5-17,31H,1-4H3,(H,38,40)/b29-17-/t31-/m0/s1. The molecule has 0 radical (unpaired) electrons. The highest BCUT2D eigenvalue weighted by Crippen LogP contribution is 2.33. The summed E-state index contributed by atoms with van der Waals surface area (Å²) in [6, 6.07) is 21.3. The molecule has 1 aliphatic rings. The number of furan rings is 1. The minimum Gasteiger partial charge on any atom is -0.497 e. The molecule has 0 aliphatic carbocycles. The molecule has 7 nitrogen and oxygen atoms in total. The van der Waals surface area contributed by atoms with Crippen LogP contribution in [0.15, 0.2) is 98.3 Å². The number of methoxy groups -OCH3 is 1. The Morgan fingerprint density at radius 3 is 2.48 bits per heavy atom. The third-order valence-corrected chi connectivity index (χ3v) is 9.15. The summed E-state index contributed by atoms with van der Waals surface area (Å²) in [6.45, 7) is 5.74. The number of rotatable bonds is 6. The van der Waals surface area contributed by atoms with Crippen LogP contribution in [0.3, 0.4) is 0 Å². The second-order valence-electron chi connectivity index (χ2n) is 10.5. The van der Waals surface area contributed by atoms with Crippen LogP contribution >= 0.6 is 34.5 Å². The topological polar surface area (TPSA) is 85.8 Å². The normalized spacial score (nSPS) is 14.8. The molecule has 0 unspecified atom stereocenters. The van der Waals surface area contributed by atoms with E-state index >= 15 is 0 Å². The van der Waals surface area contributed by atoms with Gasteiger partial charge in [-0.1, -0.05) is 64.4 Å². The van der Waals surface area contributed by atoms with Crippen LogP contribution in [0.5, 0.6) is 5.75 Å². The van der Waals surface area contributed by atoms with Crippen LogP contribution < -0.4 is 24.9 Å². The number of carbonyl (C=O) groups excluding carboxylic acids is 1. The summed E-state index contributed by atoms with van der Waals surface area (Å²) in [7, 11) is 1.59. The Hall–Kier alpha value is -4.37. The first-order chi connectivity index (χ1) is 21.1. The molecule has 0 saturated carbocycles. The lowest BCUT2D eigenvalue weighted by Crippen LogP contribution is -2.40. The second kappa shape index (κ2) is 12.0. The van der Waals surface area contributed by atoms with E-state index in [1.165, 1.54) is 11.3 Å². The smallest absolute Gasteiger partial charge is 0.271 e. The third kappa shape index (κ3) is 5.64. The van der Waals surface area contributed by atoms with Crippen LogP contribution in [0.4, 0.5) is 5.69 Å². The van der Waals surface area contributed by atoms with Gasteiger partial charge in [0.15, 0.2) is 4.80 Å². The van der Waals surface area contributed by atoms with Crippen molar-refractivity contribution >= 4 is 52.2 Å². The molecule has 3 heterocycles. The maximum absolute atomic E-state index is 14.0. The molecule has 222 valence electrons. The number of aromatic nitrogens is 1. The van der Waals surface area contributed by atoms with Crippen LogP contribution in [0.1, 0.15) is 35.4 Å². The number of hydrogen-bond donors (Lipinski definition) is 1. The first-order valence-corrected chi connectivity index (χ1v) is 15.3. The van der Waals surface area contributed by atoms with Gasteiger partial charge < -0.3 is 14.5 Å². The fourth-order valence-corrected chi connectivity index (χ4v) is 6.55. The zero-order chi connectivity index (χ0) is 31.1. The van der Waals surface area contributed by atoms with Gasteiger partial charge >= 0.3 is 0 Å². The second-order valence-corrected chi connectivity index (χ2v) is 12.3. The van der Waals surface area contributed by atoms with Crippen LogP contribution in [0.2, 0.25) is 10.0 Å². The fourth-order valence-electron chi connectivity index (χ4n) is 5.22. The molecule has 1 aliphatic heterocycles. The molecule has 0 saturated heterocycles. The Morgan fingerprint density at radius 1 is 1.00 bits per heavy atom. The van der Waals surface area contributed by atoms with Gasteiger partial charge in [0.05, 0.1) is 39.0 Å². The van der Waals surface area contributed by atoms with Gasteiger partial charge in [0.1, 0.15) is 17.3 Å². The first-order valence-electron chi connectivity index (χ1n) is 13.7. The number of nitrogens with one attached hydrogen (secondary N) is 1. The molecule has 5 aromatic rings. The van der Waals surface area contributed by atoms with E-state index in [1.54, 1.807) is 42.9 Å². The van der Waals surface area contributed by atoms with Crippen molar-refractivity contribution in [2.45, 2.75) is 26.8 Å². The predicted octanol–water partition coefficient (Wildman–Crippen LogP) is 7.07. The highest BCUT2D eigenvalue weighted by Gasteiger charge is 2.32. The van der Waals surface area contributed by atoms with Gasteiger partial charge in [-0.3, -0.25) is 14.2 Å². The molecular formula is C34H27Cl2N3O4S. The number of aryl methyl sites for hydroxylation is 2. The Bertz CT molecular complexity index is 2140. The van der Waals surface area contributed by atoms with Crippen LogP contribution in [0.25, 0.3) is 17.4 Å². The largest absolute Gasteiger partial charge is 0.497 e. The van der Waals surface area contributed by atoms with Gasteiger partial charge in [0, 0.05) is 17.3 Å². The molecule has 10 heteroatoms. The minimum absolute atomic E-state index is 0.286. The van der Waals surface area contributed by atoms with E-state index in [-0.39, 0.29) is 11.5 Å². The lowest BCUT2D eigenvalue weighted by molar-refractivity contribution is -0.113. The van der Waals surface area contributed by atoms with E-state index in [4.69, 9.17) is 37.3 Å². The highest BCUT2D eigenvalue weighted by atomic mass is 35.5. The van der Waals surface area contributed by atoms with E-state index in [0.717, 1.165) is 22.3 Å². The number of carbonyl (C=O) groups is 1. The summed E-state index contributed by atoms with van der Waals surface area (Å²) in [4.78, 5) is 33.2. The third-order valence-electron chi connectivity index (χ3n) is 7.43. The first kappa shape index (κ1) is 29.7. The Morgan fingerprint density at radius 2 is 1.77 bits per heavy atom. The van der Waals surface area contributed by atoms with E-state index in [2.05, 4.69) is 5.32 Å². The Balaban J connectivity index is 1.44. The highest BCUT2D eigenvalue weighted by molar-refractivity contribution is 7.07. The molecule has 1 atom stereocenters. The van der Waals surface area contributed by atoms with Gasteiger partial charge in [-0.05, 0) is 80.4 Å². The SMILES string of the molecule is COc1ccc([C@H]2C(C(=O)Nc3ccc(C)cc3C)=C(C)N=c3s/c(=C\c4ccc(-c5ccc(Cl)c(Cl)c5)o4)c(=O)n32)cc1. The van der Waals surface area contributed by atoms with E-state index in [0.29, 0.717) is 53.6 Å². The average molecular weight is 645 g/mol. The maximum atomic E-state index is 14.0. The summed E-state index contributed by atoms with van der Waals surface area (Å²) < 4.78 is 13.4. The quantitative estimate of drug-likeness (QED) is 0.214. The predicted molar refractivity (Wildman–Crippen MR) is 175 cm³/mol. The molecule has 3 aromatic carbocycles. The zero-order valence-electron chi connectivity index (χ0n) is 24.3. The van der Waals surface area contributed by atoms with Crippen molar-refractivity contribution in [1.82, 2.24) is 4.57 Å². The number of anilines is 1. The van der Waals surface area contributed by atoms with Crippen LogP contribution in [0, 0.1) is 13.8 Å². The van der Waals surface area contributed by atoms with Gasteiger partial charge in [-0.2, -0.15) is 0 Å². The van der Waals surface area contributed by atoms with Gasteiger partial charge in [0.25, 0.3) is 11.5 Å². The summed E-state index contributed by atoms with van der Waals surface area (Å²) >= 11 is 13.5. The van der Waals surface area contributed by atoms with Crippen molar-refractivity contribution in [2.24, 2.45) is 4.99 Å². The molecular weight excluding hydrogens is 617 g/mol. The van der Waals surface area contributed by atoms with Crippen molar-refractivity contribution in [2.75, 3.05) is 12.4 Å². The lowest BCUT2D eigenvalue weighted by Gasteiger charge is -2.25. The van der Waals surface area contributed by atoms with Crippen molar-refractivity contribution in [1.29, 1.82) is 0 Å². The zero-order valence-corrected chi connectivity index (χ0v) is 26.6. The van der Waals surface area contributed by atoms with Gasteiger partial charge in [0.2, 0.25) is 0 Å². The number of hydrogen-bond acceptors (Lipinski definition) is 6. The summed E-state index contributed by atoms with van der Waals surface area (Å²) in [5.74, 6) is 1.41. The van der Waals surface area contributed by atoms with Gasteiger partial charge in [-0.25, -0.2) is 4.99 Å². The summed E-state index contributed by atoms with van der Waals surface area (Å²) in [6.07, 6.45) is 1.69. The number of allylic oxidation sites excluding steroid dienone is 1. The Kier molecular flexibility index (Phi) is 8.07. The molecule has 1 N–H and O–H groups in total. The summed E-state index contributed by atoms with van der Waals surface area (Å²) in [5.41, 5.74) is 4.87. The van der Waals surface area contributed by atoms with E-state index in [9.17, 15) is 9.59 Å². The molecule has 2 aromatic heterocycles. The lowest BCUT2D eigenvalue weighted by atomic mass is 9.95. The van der Waals surface area contributed by atoms with Crippen molar-refractivity contribution < 1.29 is 13.9 Å². The number of thiazole rings is 1. The minimum atomic E-state index is -0.714. The number of benzene rings is 3. The molecule has 0 spiro atoms. The number of fused-ring (bicyclic) bond motifs is 1. The Labute approximate surface area is 267 Å². The molecule has 6 rings (SSSR count). The average Bonchev–Trinajstić information content (AvgIpc) is 3.59. The molecule has 0 bridgehead atoms. The summed E-state index contributed by atoms with van der Waals surface area (Å²) in [5, 5.41) is 3.92.